The maximum Gasteiger partial charge on any atom is 0.147 e. The van der Waals surface area contributed by atoms with Gasteiger partial charge in [-0.2, -0.15) is 0 Å². The molecule has 0 rings (SSSR count). The van der Waals surface area contributed by atoms with Gasteiger partial charge >= 0.3 is 0 Å². The highest BCUT2D eigenvalue weighted by atomic mass is 32.2. The molecular formula is C27H56O4S. The molecule has 0 saturated carbocycles. The van der Waals surface area contributed by atoms with Crippen molar-refractivity contribution < 1.29 is 18.3 Å². The largest absolute Gasteiger partial charge is 0.396 e. The minimum Gasteiger partial charge on any atom is -0.396 e. The maximum atomic E-state index is 11.4. The number of aliphatic hydroxyl groups is 1. The fraction of sp³-hybridized carbons (Fsp3) is 1.00. The van der Waals surface area contributed by atoms with Crippen LogP contribution in [-0.4, -0.2) is 45.4 Å². The molecule has 0 aliphatic carbocycles. The lowest BCUT2D eigenvalue weighted by Gasteiger charge is -2.32. The molecule has 1 N–H and O–H groups in total. The molecule has 0 atom stereocenters. The fourth-order valence-electron chi connectivity index (χ4n) is 5.17. The molecule has 0 bridgehead atoms. The Balaban J connectivity index is 4.02. The molecule has 194 valence electrons. The second-order valence-electron chi connectivity index (χ2n) is 10.2. The van der Waals surface area contributed by atoms with Crippen molar-refractivity contribution in [3.63, 3.8) is 0 Å². The van der Waals surface area contributed by atoms with E-state index in [1.807, 2.05) is 0 Å². The first kappa shape index (κ1) is 31.9. The van der Waals surface area contributed by atoms with Crippen LogP contribution in [0.5, 0.6) is 0 Å². The van der Waals surface area contributed by atoms with Crippen LogP contribution in [-0.2, 0) is 14.6 Å². The molecule has 0 radical (unpaired) electrons. The molecule has 0 aromatic carbocycles. The van der Waals surface area contributed by atoms with Crippen LogP contribution in [0.15, 0.2) is 0 Å². The molecule has 0 aliphatic heterocycles. The van der Waals surface area contributed by atoms with Crippen LogP contribution in [0.3, 0.4) is 0 Å². The van der Waals surface area contributed by atoms with Gasteiger partial charge in [-0.3, -0.25) is 0 Å². The second-order valence-corrected chi connectivity index (χ2v) is 12.5. The van der Waals surface area contributed by atoms with E-state index >= 15 is 0 Å². The van der Waals surface area contributed by atoms with Crippen molar-refractivity contribution in [3.05, 3.63) is 0 Å². The Hall–Kier alpha value is -0.130. The second kappa shape index (κ2) is 18.2. The van der Waals surface area contributed by atoms with Gasteiger partial charge in [0, 0.05) is 31.8 Å². The monoisotopic (exact) mass is 476 g/mol. The molecule has 0 aliphatic rings. The Kier molecular flexibility index (Phi) is 18.2. The molecule has 0 aromatic rings. The Labute approximate surface area is 201 Å². The van der Waals surface area contributed by atoms with Crippen molar-refractivity contribution in [3.8, 4) is 0 Å². The summed E-state index contributed by atoms with van der Waals surface area (Å²) in [5, 5.41) is 8.98. The van der Waals surface area contributed by atoms with E-state index in [2.05, 4.69) is 27.7 Å². The number of unbranched alkanes of at least 4 members (excludes halogenated alkanes) is 4. The smallest absolute Gasteiger partial charge is 0.147 e. The summed E-state index contributed by atoms with van der Waals surface area (Å²) >= 11 is 0. The zero-order chi connectivity index (χ0) is 24.3. The highest BCUT2D eigenvalue weighted by Gasteiger charge is 2.26. The molecule has 0 aromatic heterocycles. The number of rotatable bonds is 23. The summed E-state index contributed by atoms with van der Waals surface area (Å²) < 4.78 is 28.8. The lowest BCUT2D eigenvalue weighted by Crippen LogP contribution is -2.20. The van der Waals surface area contributed by atoms with Crippen LogP contribution in [0.4, 0.5) is 0 Å². The van der Waals surface area contributed by atoms with Crippen LogP contribution in [0.2, 0.25) is 0 Å². The fourth-order valence-corrected chi connectivity index (χ4v) is 5.84. The van der Waals surface area contributed by atoms with Gasteiger partial charge in [-0.1, -0.05) is 79.1 Å². The van der Waals surface area contributed by atoms with E-state index in [0.717, 1.165) is 64.6 Å². The quantitative estimate of drug-likeness (QED) is 0.157. The third-order valence-electron chi connectivity index (χ3n) is 8.08. The zero-order valence-electron chi connectivity index (χ0n) is 22.2. The van der Waals surface area contributed by atoms with Gasteiger partial charge in [0.1, 0.15) is 9.84 Å². The Bertz CT molecular complexity index is 522. The van der Waals surface area contributed by atoms with Crippen LogP contribution >= 0.6 is 0 Å². The van der Waals surface area contributed by atoms with Gasteiger partial charge in [-0.25, -0.2) is 8.42 Å². The van der Waals surface area contributed by atoms with E-state index in [9.17, 15) is 8.42 Å². The Morgan fingerprint density at radius 2 is 1.03 bits per heavy atom. The van der Waals surface area contributed by atoms with Crippen molar-refractivity contribution in [1.29, 1.82) is 0 Å². The summed E-state index contributed by atoms with van der Waals surface area (Å²) in [5.41, 5.74) is 0.779. The normalized spacial score (nSPS) is 13.1. The maximum absolute atomic E-state index is 11.4. The van der Waals surface area contributed by atoms with Crippen molar-refractivity contribution in [1.82, 2.24) is 0 Å². The van der Waals surface area contributed by atoms with Crippen LogP contribution < -0.4 is 0 Å². The Morgan fingerprint density at radius 1 is 0.625 bits per heavy atom. The number of aliphatic hydroxyl groups excluding tert-OH is 1. The van der Waals surface area contributed by atoms with Gasteiger partial charge in [-0.15, -0.1) is 0 Å². The van der Waals surface area contributed by atoms with Crippen LogP contribution in [0, 0.1) is 10.8 Å². The number of hydrogen-bond acceptors (Lipinski definition) is 4. The molecular weight excluding hydrogens is 420 g/mol. The number of hydrogen-bond donors (Lipinski definition) is 1. The minimum absolute atomic E-state index is 0.297. The lowest BCUT2D eigenvalue weighted by molar-refractivity contribution is 0.113. The lowest BCUT2D eigenvalue weighted by atomic mass is 9.74. The summed E-state index contributed by atoms with van der Waals surface area (Å²) in [4.78, 5) is 0. The van der Waals surface area contributed by atoms with E-state index in [4.69, 9.17) is 9.84 Å². The molecule has 0 heterocycles. The average Bonchev–Trinajstić information content (AvgIpc) is 2.77. The van der Waals surface area contributed by atoms with Crippen molar-refractivity contribution >= 4 is 9.84 Å². The predicted molar refractivity (Wildman–Crippen MR) is 139 cm³/mol. The summed E-state index contributed by atoms with van der Waals surface area (Å²) in [5.74, 6) is 0.317. The number of ether oxygens (including phenoxy) is 1. The minimum atomic E-state index is -2.85. The number of sulfone groups is 1. The van der Waals surface area contributed by atoms with Gasteiger partial charge in [-0.05, 0) is 62.2 Å². The van der Waals surface area contributed by atoms with Crippen molar-refractivity contribution in [2.24, 2.45) is 10.8 Å². The van der Waals surface area contributed by atoms with Gasteiger partial charge in [0.2, 0.25) is 0 Å². The van der Waals surface area contributed by atoms with Gasteiger partial charge < -0.3 is 9.84 Å². The summed E-state index contributed by atoms with van der Waals surface area (Å²) in [6, 6.07) is 0. The first-order chi connectivity index (χ1) is 15.2. The first-order valence-corrected chi connectivity index (χ1v) is 15.6. The van der Waals surface area contributed by atoms with Crippen LogP contribution in [0.25, 0.3) is 0 Å². The zero-order valence-corrected chi connectivity index (χ0v) is 23.0. The topological polar surface area (TPSA) is 63.6 Å². The molecule has 4 nitrogen and oxygen atoms in total. The van der Waals surface area contributed by atoms with Gasteiger partial charge in [0.15, 0.2) is 0 Å². The molecule has 0 amide bonds. The van der Waals surface area contributed by atoms with E-state index in [1.54, 1.807) is 0 Å². The molecule has 0 saturated heterocycles. The standard InChI is InChI=1S/C27H56O4S/c1-6-26(7-2,18-11-10-14-22-28)19-12-15-23-31-24-16-13-20-27(8-3,9-4)21-17-25-32(5,29)30/h28H,6-25H2,1-5H3. The van der Waals surface area contributed by atoms with Gasteiger partial charge in [0.25, 0.3) is 0 Å². The van der Waals surface area contributed by atoms with E-state index in [-0.39, 0.29) is 0 Å². The summed E-state index contributed by atoms with van der Waals surface area (Å²) in [6.45, 7) is 11.2. The first-order valence-electron chi connectivity index (χ1n) is 13.6. The third-order valence-corrected chi connectivity index (χ3v) is 9.11. The van der Waals surface area contributed by atoms with Crippen molar-refractivity contribution in [2.75, 3.05) is 31.8 Å². The van der Waals surface area contributed by atoms with E-state index in [1.165, 1.54) is 57.6 Å². The van der Waals surface area contributed by atoms with E-state index in [0.29, 0.717) is 23.2 Å². The van der Waals surface area contributed by atoms with Crippen molar-refractivity contribution in [2.45, 2.75) is 130 Å². The van der Waals surface area contributed by atoms with E-state index < -0.39 is 9.84 Å². The highest BCUT2D eigenvalue weighted by molar-refractivity contribution is 7.90. The van der Waals surface area contributed by atoms with Gasteiger partial charge in [0.05, 0.1) is 0 Å². The molecule has 32 heavy (non-hydrogen) atoms. The molecule has 5 heteroatoms. The van der Waals surface area contributed by atoms with Crippen LogP contribution in [0.1, 0.15) is 130 Å². The third kappa shape index (κ3) is 14.9. The Morgan fingerprint density at radius 3 is 1.41 bits per heavy atom. The summed E-state index contributed by atoms with van der Waals surface area (Å²) in [7, 11) is -2.85. The molecule has 0 fully saturated rings. The molecule has 0 spiro atoms. The summed E-state index contributed by atoms with van der Waals surface area (Å²) in [6.07, 6.45) is 19.7. The molecule has 0 unspecified atom stereocenters. The predicted octanol–water partition coefficient (Wildman–Crippen LogP) is 7.33. The average molecular weight is 477 g/mol. The highest BCUT2D eigenvalue weighted by Crippen LogP contribution is 2.38. The SMILES string of the molecule is CCC(CC)(CCCCCO)CCCCOCCCCC(CC)(CC)CCCS(C)(=O)=O.